The highest BCUT2D eigenvalue weighted by molar-refractivity contribution is 6.04. The van der Waals surface area contributed by atoms with Gasteiger partial charge in [-0.2, -0.15) is 0 Å². The van der Waals surface area contributed by atoms with Gasteiger partial charge in [0, 0.05) is 36.0 Å². The number of hydrogen-bond acceptors (Lipinski definition) is 3. The van der Waals surface area contributed by atoms with Crippen LogP contribution in [0.25, 0.3) is 10.8 Å². The van der Waals surface area contributed by atoms with E-state index >= 15 is 0 Å². The van der Waals surface area contributed by atoms with Gasteiger partial charge in [0.25, 0.3) is 0 Å². The zero-order valence-electron chi connectivity index (χ0n) is 13.3. The summed E-state index contributed by atoms with van der Waals surface area (Å²) in [5.41, 5.74) is 0.636. The molecule has 5 heteroatoms. The molecule has 1 aromatic heterocycles. The number of halogens is 1. The van der Waals surface area contributed by atoms with Gasteiger partial charge in [-0.3, -0.25) is 9.78 Å². The molecular formula is C20H15FN2O2. The summed E-state index contributed by atoms with van der Waals surface area (Å²) >= 11 is 0. The predicted octanol–water partition coefficient (Wildman–Crippen LogP) is 4.52. The number of anilines is 1. The Kier molecular flexibility index (Phi) is 4.91. The maximum Gasteiger partial charge on any atom is 0.225 e. The molecule has 0 bridgehead atoms. The lowest BCUT2D eigenvalue weighted by Crippen LogP contribution is -2.11. The molecule has 0 spiro atoms. The van der Waals surface area contributed by atoms with Crippen molar-refractivity contribution in [3.8, 4) is 23.8 Å². The normalized spacial score (nSPS) is 10.2. The van der Waals surface area contributed by atoms with Crippen LogP contribution < -0.4 is 10.1 Å². The van der Waals surface area contributed by atoms with Gasteiger partial charge in [-0.1, -0.05) is 0 Å². The van der Waals surface area contributed by atoms with Crippen molar-refractivity contribution < 1.29 is 13.9 Å². The van der Waals surface area contributed by atoms with Gasteiger partial charge in [0.2, 0.25) is 5.91 Å². The number of carbonyl (C=O) groups excluding carboxylic acids is 1. The van der Waals surface area contributed by atoms with E-state index < -0.39 is 0 Å². The maximum absolute atomic E-state index is 13.0. The molecule has 0 radical (unpaired) electrons. The minimum atomic E-state index is -0.327. The molecule has 0 saturated carbocycles. The molecule has 0 unspecified atom stereocenters. The molecule has 0 aliphatic heterocycles. The number of nitrogens with zero attached hydrogens (tertiary/aromatic N) is 1. The minimum Gasteiger partial charge on any atom is -0.457 e. The molecule has 124 valence electrons. The van der Waals surface area contributed by atoms with E-state index in [1.807, 2.05) is 0 Å². The molecule has 25 heavy (non-hydrogen) atoms. The van der Waals surface area contributed by atoms with E-state index in [9.17, 15) is 9.18 Å². The smallest absolute Gasteiger partial charge is 0.225 e. The van der Waals surface area contributed by atoms with Crippen molar-refractivity contribution in [1.82, 2.24) is 4.98 Å². The summed E-state index contributed by atoms with van der Waals surface area (Å²) in [6, 6.07) is 11.1. The highest BCUT2D eigenvalue weighted by Crippen LogP contribution is 2.34. The van der Waals surface area contributed by atoms with Crippen LogP contribution in [0.5, 0.6) is 11.5 Å². The lowest BCUT2D eigenvalue weighted by atomic mass is 10.1. The van der Waals surface area contributed by atoms with Crippen molar-refractivity contribution in [2.45, 2.75) is 12.8 Å². The van der Waals surface area contributed by atoms with Gasteiger partial charge in [-0.25, -0.2) is 4.39 Å². The van der Waals surface area contributed by atoms with Crippen LogP contribution >= 0.6 is 0 Å². The van der Waals surface area contributed by atoms with Crippen molar-refractivity contribution in [3.05, 3.63) is 60.7 Å². The van der Waals surface area contributed by atoms with Gasteiger partial charge < -0.3 is 10.1 Å². The Hall–Kier alpha value is -3.39. The molecule has 0 aliphatic rings. The summed E-state index contributed by atoms with van der Waals surface area (Å²) in [4.78, 5) is 16.0. The van der Waals surface area contributed by atoms with E-state index in [1.54, 1.807) is 42.7 Å². The predicted molar refractivity (Wildman–Crippen MR) is 94.9 cm³/mol. The first-order valence-electron chi connectivity index (χ1n) is 7.71. The number of amides is 1. The lowest BCUT2D eigenvalue weighted by Gasteiger charge is -2.13. The fourth-order valence-electron chi connectivity index (χ4n) is 2.39. The summed E-state index contributed by atoms with van der Waals surface area (Å²) in [5.74, 6) is 3.06. The zero-order chi connectivity index (χ0) is 17.6. The van der Waals surface area contributed by atoms with Crippen LogP contribution in [-0.4, -0.2) is 10.9 Å². The molecule has 2 aromatic carbocycles. The molecule has 1 heterocycles. The summed E-state index contributed by atoms with van der Waals surface area (Å²) in [7, 11) is 0. The number of rotatable bonds is 5. The molecule has 3 aromatic rings. The fourth-order valence-corrected chi connectivity index (χ4v) is 2.39. The number of nitrogens with one attached hydrogen (secondary N) is 1. The first-order chi connectivity index (χ1) is 12.2. The van der Waals surface area contributed by atoms with Gasteiger partial charge in [-0.15, -0.1) is 12.3 Å². The van der Waals surface area contributed by atoms with Crippen molar-refractivity contribution >= 4 is 22.4 Å². The third-order valence-electron chi connectivity index (χ3n) is 3.59. The van der Waals surface area contributed by atoms with E-state index in [4.69, 9.17) is 11.2 Å². The second-order valence-electron chi connectivity index (χ2n) is 5.34. The molecular weight excluding hydrogens is 319 g/mol. The van der Waals surface area contributed by atoms with Crippen molar-refractivity contribution in [1.29, 1.82) is 0 Å². The highest BCUT2D eigenvalue weighted by atomic mass is 19.1. The number of pyridine rings is 1. The quantitative estimate of drug-likeness (QED) is 0.698. The molecule has 3 rings (SSSR count). The van der Waals surface area contributed by atoms with E-state index in [1.165, 1.54) is 12.1 Å². The highest BCUT2D eigenvalue weighted by Gasteiger charge is 2.10. The van der Waals surface area contributed by atoms with Gasteiger partial charge in [-0.05, 0) is 42.5 Å². The Morgan fingerprint density at radius 3 is 2.72 bits per heavy atom. The molecule has 1 N–H and O–H groups in total. The van der Waals surface area contributed by atoms with Crippen molar-refractivity contribution in [3.63, 3.8) is 0 Å². The summed E-state index contributed by atoms with van der Waals surface area (Å²) in [6.07, 6.45) is 9.12. The number of carbonyl (C=O) groups is 1. The topological polar surface area (TPSA) is 51.2 Å². The number of hydrogen-bond donors (Lipinski definition) is 1. The summed E-state index contributed by atoms with van der Waals surface area (Å²) in [6.45, 7) is 0. The summed E-state index contributed by atoms with van der Waals surface area (Å²) < 4.78 is 18.9. The number of ether oxygens (including phenoxy) is 1. The van der Waals surface area contributed by atoms with Crippen LogP contribution in [-0.2, 0) is 4.79 Å². The second-order valence-corrected chi connectivity index (χ2v) is 5.34. The second kappa shape index (κ2) is 7.45. The minimum absolute atomic E-state index is 0.157. The molecule has 4 nitrogen and oxygen atoms in total. The van der Waals surface area contributed by atoms with Gasteiger partial charge >= 0.3 is 0 Å². The lowest BCUT2D eigenvalue weighted by molar-refractivity contribution is -0.116. The maximum atomic E-state index is 13.0. The van der Waals surface area contributed by atoms with E-state index in [0.29, 0.717) is 23.6 Å². The number of fused-ring (bicyclic) bond motifs is 1. The Balaban J connectivity index is 1.91. The van der Waals surface area contributed by atoms with Gasteiger partial charge in [0.1, 0.15) is 17.3 Å². The summed E-state index contributed by atoms with van der Waals surface area (Å²) in [5, 5.41) is 4.37. The van der Waals surface area contributed by atoms with Crippen molar-refractivity contribution in [2.75, 3.05) is 5.32 Å². The average molecular weight is 334 g/mol. The Labute approximate surface area is 144 Å². The fraction of sp³-hybridized carbons (Fsp3) is 0.100. The van der Waals surface area contributed by atoms with E-state index in [-0.39, 0.29) is 18.1 Å². The Bertz CT molecular complexity index is 946. The number of aromatic nitrogens is 1. The molecule has 1 amide bonds. The standard InChI is InChI=1S/C20H15FN2O2/c1-2-3-4-20(24)23-18-9-10-19(16-11-12-22-13-17(16)18)25-15-7-5-14(21)6-8-15/h1,5-13H,3-4H2,(H,23,24). The molecule has 0 atom stereocenters. The van der Waals surface area contributed by atoms with Gasteiger partial charge in [0.15, 0.2) is 0 Å². The average Bonchev–Trinajstić information content (AvgIpc) is 2.64. The molecule has 0 saturated heterocycles. The number of terminal acetylenes is 1. The third-order valence-corrected chi connectivity index (χ3v) is 3.59. The first-order valence-corrected chi connectivity index (χ1v) is 7.71. The molecule has 0 aliphatic carbocycles. The zero-order valence-corrected chi connectivity index (χ0v) is 13.3. The van der Waals surface area contributed by atoms with Crippen LogP contribution in [0.4, 0.5) is 10.1 Å². The first kappa shape index (κ1) is 16.5. The monoisotopic (exact) mass is 334 g/mol. The van der Waals surface area contributed by atoms with E-state index in [0.717, 1.165) is 10.8 Å². The van der Waals surface area contributed by atoms with E-state index in [2.05, 4.69) is 16.2 Å². The number of benzene rings is 2. The van der Waals surface area contributed by atoms with Crippen LogP contribution in [0, 0.1) is 18.2 Å². The van der Waals surface area contributed by atoms with Crippen LogP contribution in [0.3, 0.4) is 0 Å². The van der Waals surface area contributed by atoms with Crippen LogP contribution in [0.15, 0.2) is 54.9 Å². The van der Waals surface area contributed by atoms with Crippen LogP contribution in [0.2, 0.25) is 0 Å². The van der Waals surface area contributed by atoms with Gasteiger partial charge in [0.05, 0.1) is 5.69 Å². The largest absolute Gasteiger partial charge is 0.457 e. The third kappa shape index (κ3) is 3.93. The Morgan fingerprint density at radius 1 is 1.16 bits per heavy atom. The van der Waals surface area contributed by atoms with Crippen molar-refractivity contribution in [2.24, 2.45) is 0 Å². The molecule has 0 fully saturated rings. The SMILES string of the molecule is C#CCCC(=O)Nc1ccc(Oc2ccc(F)cc2)c2ccncc12. The Morgan fingerprint density at radius 2 is 1.96 bits per heavy atom. The van der Waals surface area contributed by atoms with Crippen LogP contribution in [0.1, 0.15) is 12.8 Å².